The fourth-order valence-electron chi connectivity index (χ4n) is 2.10. The predicted octanol–water partition coefficient (Wildman–Crippen LogP) is 2.97. The molecule has 1 aromatic heterocycles. The number of benzene rings is 1. The topological polar surface area (TPSA) is 38.1 Å². The van der Waals surface area contributed by atoms with E-state index >= 15 is 0 Å². The Hall–Kier alpha value is -1.77. The van der Waals surface area contributed by atoms with Gasteiger partial charge in [-0.2, -0.15) is 5.10 Å². The van der Waals surface area contributed by atoms with E-state index in [-0.39, 0.29) is 0 Å². The van der Waals surface area contributed by atoms with E-state index in [0.29, 0.717) is 5.75 Å². The van der Waals surface area contributed by atoms with Crippen LogP contribution in [-0.4, -0.2) is 14.9 Å². The standard InChI is InChI=1S/C14H16N2O/c1-10-13(3-2-4-14(10)17)12-7-15-16(9-12)8-11-5-6-11/h2-4,7,9,11,17H,5-6,8H2,1H3. The molecule has 0 saturated heterocycles. The van der Waals surface area contributed by atoms with Gasteiger partial charge >= 0.3 is 0 Å². The zero-order valence-electron chi connectivity index (χ0n) is 9.93. The summed E-state index contributed by atoms with van der Waals surface area (Å²) < 4.78 is 2.01. The Morgan fingerprint density at radius 3 is 3.00 bits per heavy atom. The summed E-state index contributed by atoms with van der Waals surface area (Å²) in [6.45, 7) is 2.96. The molecule has 0 bridgehead atoms. The van der Waals surface area contributed by atoms with Crippen molar-refractivity contribution in [1.29, 1.82) is 0 Å². The minimum absolute atomic E-state index is 0.345. The van der Waals surface area contributed by atoms with Crippen molar-refractivity contribution in [2.24, 2.45) is 5.92 Å². The normalized spacial score (nSPS) is 15.1. The van der Waals surface area contributed by atoms with Crippen molar-refractivity contribution in [2.75, 3.05) is 0 Å². The maximum Gasteiger partial charge on any atom is 0.119 e. The molecule has 1 saturated carbocycles. The van der Waals surface area contributed by atoms with Gasteiger partial charge in [-0.1, -0.05) is 12.1 Å². The Balaban J connectivity index is 1.91. The fourth-order valence-corrected chi connectivity index (χ4v) is 2.10. The zero-order chi connectivity index (χ0) is 11.8. The van der Waals surface area contributed by atoms with Crippen molar-refractivity contribution in [2.45, 2.75) is 26.3 Å². The van der Waals surface area contributed by atoms with Crippen LogP contribution in [0.2, 0.25) is 0 Å². The summed E-state index contributed by atoms with van der Waals surface area (Å²) in [5.41, 5.74) is 3.06. The Kier molecular flexibility index (Phi) is 2.39. The molecule has 1 aliphatic carbocycles. The summed E-state index contributed by atoms with van der Waals surface area (Å²) in [5.74, 6) is 1.17. The van der Waals surface area contributed by atoms with Gasteiger partial charge in [-0.25, -0.2) is 0 Å². The number of phenols is 1. The summed E-state index contributed by atoms with van der Waals surface area (Å²) in [5, 5.41) is 14.1. The first kappa shape index (κ1) is 10.4. The molecular weight excluding hydrogens is 212 g/mol. The number of aromatic hydroxyl groups is 1. The average molecular weight is 228 g/mol. The van der Waals surface area contributed by atoms with Crippen molar-refractivity contribution >= 4 is 0 Å². The second kappa shape index (κ2) is 3.91. The minimum Gasteiger partial charge on any atom is -0.508 e. The van der Waals surface area contributed by atoms with Gasteiger partial charge in [0.05, 0.1) is 6.20 Å². The molecule has 2 aromatic rings. The molecule has 3 rings (SSSR count). The summed E-state index contributed by atoms with van der Waals surface area (Å²) >= 11 is 0. The minimum atomic E-state index is 0.345. The third-order valence-electron chi connectivity index (χ3n) is 3.39. The molecular formula is C14H16N2O. The van der Waals surface area contributed by atoms with E-state index in [2.05, 4.69) is 11.3 Å². The number of nitrogens with zero attached hydrogens (tertiary/aromatic N) is 2. The van der Waals surface area contributed by atoms with Crippen LogP contribution in [0.1, 0.15) is 18.4 Å². The monoisotopic (exact) mass is 228 g/mol. The van der Waals surface area contributed by atoms with Crippen LogP contribution in [0.3, 0.4) is 0 Å². The van der Waals surface area contributed by atoms with Crippen molar-refractivity contribution in [3.8, 4) is 16.9 Å². The molecule has 3 nitrogen and oxygen atoms in total. The molecule has 17 heavy (non-hydrogen) atoms. The lowest BCUT2D eigenvalue weighted by molar-refractivity contribution is 0.471. The average Bonchev–Trinajstić information content (AvgIpc) is 3.00. The van der Waals surface area contributed by atoms with Crippen molar-refractivity contribution in [3.05, 3.63) is 36.2 Å². The molecule has 0 atom stereocenters. The Bertz CT molecular complexity index is 541. The Labute approximate surface area is 101 Å². The van der Waals surface area contributed by atoms with Gasteiger partial charge in [0.2, 0.25) is 0 Å². The molecule has 0 aliphatic heterocycles. The van der Waals surface area contributed by atoms with E-state index in [0.717, 1.165) is 29.2 Å². The van der Waals surface area contributed by atoms with Gasteiger partial charge in [0.1, 0.15) is 5.75 Å². The van der Waals surface area contributed by atoms with Gasteiger partial charge in [0.15, 0.2) is 0 Å². The predicted molar refractivity (Wildman–Crippen MR) is 66.8 cm³/mol. The lowest BCUT2D eigenvalue weighted by atomic mass is 10.0. The van der Waals surface area contributed by atoms with Crippen LogP contribution in [0.25, 0.3) is 11.1 Å². The highest BCUT2D eigenvalue weighted by molar-refractivity contribution is 5.68. The van der Waals surface area contributed by atoms with Crippen LogP contribution >= 0.6 is 0 Å². The van der Waals surface area contributed by atoms with Gasteiger partial charge in [-0.05, 0) is 42.9 Å². The first-order chi connectivity index (χ1) is 8.24. The van der Waals surface area contributed by atoms with E-state index in [1.54, 1.807) is 6.07 Å². The van der Waals surface area contributed by atoms with Gasteiger partial charge in [-0.3, -0.25) is 4.68 Å². The first-order valence-corrected chi connectivity index (χ1v) is 6.05. The number of phenolic OH excluding ortho intramolecular Hbond substituents is 1. The van der Waals surface area contributed by atoms with Crippen LogP contribution in [0.15, 0.2) is 30.6 Å². The highest BCUT2D eigenvalue weighted by atomic mass is 16.3. The Morgan fingerprint density at radius 1 is 1.41 bits per heavy atom. The molecule has 0 amide bonds. The Morgan fingerprint density at radius 2 is 2.24 bits per heavy atom. The van der Waals surface area contributed by atoms with E-state index in [9.17, 15) is 5.11 Å². The molecule has 3 heteroatoms. The second-order valence-corrected chi connectivity index (χ2v) is 4.84. The van der Waals surface area contributed by atoms with Gasteiger partial charge in [0.25, 0.3) is 0 Å². The molecule has 0 unspecified atom stereocenters. The molecule has 0 spiro atoms. The second-order valence-electron chi connectivity index (χ2n) is 4.84. The van der Waals surface area contributed by atoms with Crippen LogP contribution in [0.5, 0.6) is 5.75 Å². The van der Waals surface area contributed by atoms with Crippen LogP contribution in [-0.2, 0) is 6.54 Å². The highest BCUT2D eigenvalue weighted by Gasteiger charge is 2.22. The van der Waals surface area contributed by atoms with E-state index in [1.807, 2.05) is 29.9 Å². The van der Waals surface area contributed by atoms with Crippen molar-refractivity contribution < 1.29 is 5.11 Å². The summed E-state index contributed by atoms with van der Waals surface area (Å²) in [6.07, 6.45) is 6.62. The zero-order valence-corrected chi connectivity index (χ0v) is 9.93. The van der Waals surface area contributed by atoms with E-state index < -0.39 is 0 Å². The van der Waals surface area contributed by atoms with Gasteiger partial charge < -0.3 is 5.11 Å². The quantitative estimate of drug-likeness (QED) is 0.877. The molecule has 1 heterocycles. The van der Waals surface area contributed by atoms with E-state index in [4.69, 9.17) is 0 Å². The molecule has 88 valence electrons. The first-order valence-electron chi connectivity index (χ1n) is 6.05. The smallest absolute Gasteiger partial charge is 0.119 e. The number of hydrogen-bond acceptors (Lipinski definition) is 2. The maximum absolute atomic E-state index is 9.70. The largest absolute Gasteiger partial charge is 0.508 e. The summed E-state index contributed by atoms with van der Waals surface area (Å²) in [6, 6.07) is 5.61. The van der Waals surface area contributed by atoms with Gasteiger partial charge in [-0.15, -0.1) is 0 Å². The molecule has 1 fully saturated rings. The van der Waals surface area contributed by atoms with Gasteiger partial charge in [0, 0.05) is 18.3 Å². The summed E-state index contributed by atoms with van der Waals surface area (Å²) in [4.78, 5) is 0. The van der Waals surface area contributed by atoms with Crippen LogP contribution < -0.4 is 0 Å². The molecule has 0 radical (unpaired) electrons. The molecule has 1 aromatic carbocycles. The van der Waals surface area contributed by atoms with Crippen LogP contribution in [0, 0.1) is 12.8 Å². The lowest BCUT2D eigenvalue weighted by Crippen LogP contribution is -1.99. The molecule has 1 N–H and O–H groups in total. The lowest BCUT2D eigenvalue weighted by Gasteiger charge is -2.04. The van der Waals surface area contributed by atoms with Crippen molar-refractivity contribution in [3.63, 3.8) is 0 Å². The van der Waals surface area contributed by atoms with Crippen LogP contribution in [0.4, 0.5) is 0 Å². The van der Waals surface area contributed by atoms with Crippen molar-refractivity contribution in [1.82, 2.24) is 9.78 Å². The number of aromatic nitrogens is 2. The summed E-state index contributed by atoms with van der Waals surface area (Å²) in [7, 11) is 0. The molecule has 1 aliphatic rings. The highest BCUT2D eigenvalue weighted by Crippen LogP contribution is 2.32. The van der Waals surface area contributed by atoms with E-state index in [1.165, 1.54) is 12.8 Å². The third kappa shape index (κ3) is 2.05. The SMILES string of the molecule is Cc1c(O)cccc1-c1cnn(CC2CC2)c1. The fraction of sp³-hybridized carbons (Fsp3) is 0.357. The number of rotatable bonds is 3. The number of hydrogen-bond donors (Lipinski definition) is 1. The maximum atomic E-state index is 9.70. The third-order valence-corrected chi connectivity index (χ3v) is 3.39.